The maximum absolute atomic E-state index is 13.9. The SMILES string of the molecule is Cc1ccc(N=C2S/C(=C/c3cc(Cl)cc(Cl)c3OCc3ccc(Cl)cc3)C(=O)N2c2ccc(C)c(Cl)c2)cc1Cl. The number of hydrogen-bond donors (Lipinski definition) is 0. The quantitative estimate of drug-likeness (QED) is 0.193. The minimum absolute atomic E-state index is 0.241. The lowest BCUT2D eigenvalue weighted by Gasteiger charge is -2.17. The number of hydrogen-bond acceptors (Lipinski definition) is 4. The maximum atomic E-state index is 13.9. The third-order valence-electron chi connectivity index (χ3n) is 6.22. The van der Waals surface area contributed by atoms with Crippen LogP contribution in [0.2, 0.25) is 25.1 Å². The van der Waals surface area contributed by atoms with E-state index in [0.29, 0.717) is 57.9 Å². The Balaban J connectivity index is 1.56. The first-order valence-corrected chi connectivity index (χ1v) is 15.0. The number of thioether (sulfide) groups is 1. The van der Waals surface area contributed by atoms with Crippen LogP contribution >= 0.6 is 69.8 Å². The number of carbonyl (C=O) groups excluding carboxylic acids is 1. The predicted molar refractivity (Wildman–Crippen MR) is 175 cm³/mol. The van der Waals surface area contributed by atoms with E-state index in [4.69, 9.17) is 67.7 Å². The minimum Gasteiger partial charge on any atom is -0.487 e. The van der Waals surface area contributed by atoms with Crippen molar-refractivity contribution in [2.24, 2.45) is 4.99 Å². The Morgan fingerprint density at radius 3 is 2.17 bits per heavy atom. The number of aryl methyl sites for hydroxylation is 2. The van der Waals surface area contributed by atoms with Crippen LogP contribution in [0.4, 0.5) is 11.4 Å². The summed E-state index contributed by atoms with van der Waals surface area (Å²) in [6.07, 6.45) is 1.70. The second-order valence-electron chi connectivity index (χ2n) is 9.23. The summed E-state index contributed by atoms with van der Waals surface area (Å²) in [5.41, 5.74) is 4.47. The van der Waals surface area contributed by atoms with Crippen molar-refractivity contribution in [1.82, 2.24) is 0 Å². The van der Waals surface area contributed by atoms with Gasteiger partial charge in [-0.25, -0.2) is 4.99 Å². The van der Waals surface area contributed by atoms with Crippen molar-refractivity contribution in [3.63, 3.8) is 0 Å². The summed E-state index contributed by atoms with van der Waals surface area (Å²) >= 11 is 32.9. The first-order chi connectivity index (χ1) is 19.6. The van der Waals surface area contributed by atoms with E-state index in [-0.39, 0.29) is 12.5 Å². The van der Waals surface area contributed by atoms with E-state index in [2.05, 4.69) is 0 Å². The summed E-state index contributed by atoms with van der Waals surface area (Å²) in [7, 11) is 0. The van der Waals surface area contributed by atoms with Gasteiger partial charge in [0.15, 0.2) is 5.17 Å². The molecule has 1 fully saturated rings. The first-order valence-electron chi connectivity index (χ1n) is 12.3. The Labute approximate surface area is 267 Å². The molecule has 0 aliphatic carbocycles. The van der Waals surface area contributed by atoms with Crippen molar-refractivity contribution in [2.75, 3.05) is 4.90 Å². The highest BCUT2D eigenvalue weighted by Gasteiger charge is 2.35. The van der Waals surface area contributed by atoms with E-state index in [1.807, 2.05) is 50.2 Å². The molecule has 4 aromatic rings. The van der Waals surface area contributed by atoms with Gasteiger partial charge in [-0.2, -0.15) is 0 Å². The van der Waals surface area contributed by atoms with Gasteiger partial charge in [0, 0.05) is 25.7 Å². The number of benzene rings is 4. The average Bonchev–Trinajstić information content (AvgIpc) is 3.22. The highest BCUT2D eigenvalue weighted by atomic mass is 35.5. The molecule has 41 heavy (non-hydrogen) atoms. The highest BCUT2D eigenvalue weighted by molar-refractivity contribution is 8.19. The summed E-state index contributed by atoms with van der Waals surface area (Å²) in [6.45, 7) is 4.05. The summed E-state index contributed by atoms with van der Waals surface area (Å²) in [6, 6.07) is 21.5. The maximum Gasteiger partial charge on any atom is 0.271 e. The van der Waals surface area contributed by atoms with Gasteiger partial charge in [0.1, 0.15) is 12.4 Å². The molecular weight excluding hydrogens is 642 g/mol. The zero-order valence-corrected chi connectivity index (χ0v) is 26.3. The molecule has 0 saturated carbocycles. The van der Waals surface area contributed by atoms with Crippen molar-refractivity contribution in [1.29, 1.82) is 0 Å². The van der Waals surface area contributed by atoms with Crippen LogP contribution in [-0.2, 0) is 11.4 Å². The minimum atomic E-state index is -0.286. The third kappa shape index (κ3) is 6.89. The monoisotopic (exact) mass is 660 g/mol. The molecule has 1 aliphatic heterocycles. The summed E-state index contributed by atoms with van der Waals surface area (Å²) in [4.78, 5) is 20.6. The number of ether oxygens (including phenoxy) is 1. The van der Waals surface area contributed by atoms with E-state index in [1.165, 1.54) is 16.7 Å². The van der Waals surface area contributed by atoms with Crippen LogP contribution in [0.1, 0.15) is 22.3 Å². The molecule has 0 aromatic heterocycles. The molecular formula is C31H21Cl5N2O2S. The molecule has 5 rings (SSSR count). The molecule has 0 spiro atoms. The number of anilines is 1. The topological polar surface area (TPSA) is 41.9 Å². The lowest BCUT2D eigenvalue weighted by Crippen LogP contribution is -2.28. The normalized spacial score (nSPS) is 15.3. The van der Waals surface area contributed by atoms with E-state index < -0.39 is 0 Å². The van der Waals surface area contributed by atoms with Crippen molar-refractivity contribution in [3.05, 3.63) is 125 Å². The number of nitrogens with zero attached hydrogens (tertiary/aromatic N) is 2. The number of carbonyl (C=O) groups is 1. The number of amides is 1. The first kappa shape index (κ1) is 29.8. The molecule has 0 bridgehead atoms. The van der Waals surface area contributed by atoms with Gasteiger partial charge in [-0.15, -0.1) is 0 Å². The standard InChI is InChI=1S/C31H21Cl5N2O2S/c1-17-3-9-23(14-25(17)34)37-31-38(24-10-4-18(2)26(35)15-24)30(39)28(41-31)12-20-11-22(33)13-27(36)29(20)40-16-19-5-7-21(32)8-6-19/h3-15H,16H2,1-2H3/b28-12+,37-31?. The third-order valence-corrected chi connectivity index (χ3v) is 8.75. The van der Waals surface area contributed by atoms with Crippen LogP contribution in [0.5, 0.6) is 5.75 Å². The van der Waals surface area contributed by atoms with Gasteiger partial charge in [0.25, 0.3) is 5.91 Å². The molecule has 1 heterocycles. The van der Waals surface area contributed by atoms with Crippen LogP contribution in [0.25, 0.3) is 6.08 Å². The summed E-state index contributed by atoms with van der Waals surface area (Å²) < 4.78 is 6.11. The lowest BCUT2D eigenvalue weighted by atomic mass is 10.1. The lowest BCUT2D eigenvalue weighted by molar-refractivity contribution is -0.113. The fraction of sp³-hybridized carbons (Fsp3) is 0.0968. The second kappa shape index (κ2) is 12.7. The van der Waals surface area contributed by atoms with Crippen molar-refractivity contribution in [3.8, 4) is 5.75 Å². The molecule has 1 aliphatic rings. The van der Waals surface area contributed by atoms with E-state index in [0.717, 1.165) is 16.7 Å². The number of aliphatic imine (C=N–C) groups is 1. The molecule has 0 unspecified atom stereocenters. The van der Waals surface area contributed by atoms with Gasteiger partial charge < -0.3 is 4.74 Å². The van der Waals surface area contributed by atoms with Gasteiger partial charge in [-0.1, -0.05) is 82.3 Å². The fourth-order valence-corrected chi connectivity index (χ4v) is 6.01. The predicted octanol–water partition coefficient (Wildman–Crippen LogP) is 11.0. The molecule has 1 saturated heterocycles. The highest BCUT2D eigenvalue weighted by Crippen LogP contribution is 2.41. The Bertz CT molecular complexity index is 1720. The van der Waals surface area contributed by atoms with E-state index >= 15 is 0 Å². The van der Waals surface area contributed by atoms with Crippen LogP contribution in [0.15, 0.2) is 82.7 Å². The van der Waals surface area contributed by atoms with Crippen LogP contribution < -0.4 is 9.64 Å². The number of rotatable bonds is 6. The molecule has 0 radical (unpaired) electrons. The summed E-state index contributed by atoms with van der Waals surface area (Å²) in [5.74, 6) is 0.110. The van der Waals surface area contributed by atoms with E-state index in [9.17, 15) is 4.79 Å². The van der Waals surface area contributed by atoms with Crippen molar-refractivity contribution in [2.45, 2.75) is 20.5 Å². The van der Waals surface area contributed by atoms with Crippen molar-refractivity contribution < 1.29 is 9.53 Å². The Morgan fingerprint density at radius 1 is 0.805 bits per heavy atom. The Morgan fingerprint density at radius 2 is 1.49 bits per heavy atom. The zero-order chi connectivity index (χ0) is 29.3. The van der Waals surface area contributed by atoms with Gasteiger partial charge in [0.2, 0.25) is 0 Å². The zero-order valence-electron chi connectivity index (χ0n) is 21.7. The van der Waals surface area contributed by atoms with Crippen LogP contribution in [0.3, 0.4) is 0 Å². The molecule has 0 N–H and O–H groups in total. The molecule has 4 nitrogen and oxygen atoms in total. The average molecular weight is 663 g/mol. The Kier molecular flexibility index (Phi) is 9.24. The number of halogens is 5. The smallest absolute Gasteiger partial charge is 0.271 e. The van der Waals surface area contributed by atoms with Crippen LogP contribution in [-0.4, -0.2) is 11.1 Å². The Hall–Kier alpha value is -2.64. The summed E-state index contributed by atoms with van der Waals surface area (Å²) in [5, 5.41) is 2.91. The van der Waals surface area contributed by atoms with Gasteiger partial charge >= 0.3 is 0 Å². The second-order valence-corrected chi connectivity index (χ2v) is 12.3. The van der Waals surface area contributed by atoms with Crippen LogP contribution in [0, 0.1) is 13.8 Å². The molecule has 1 amide bonds. The van der Waals surface area contributed by atoms with Gasteiger partial charge in [-0.3, -0.25) is 9.69 Å². The van der Waals surface area contributed by atoms with Gasteiger partial charge in [0.05, 0.1) is 21.3 Å². The fourth-order valence-electron chi connectivity index (χ4n) is 3.98. The van der Waals surface area contributed by atoms with E-state index in [1.54, 1.807) is 42.5 Å². The molecule has 208 valence electrons. The molecule has 0 atom stereocenters. The van der Waals surface area contributed by atoms with Gasteiger partial charge in [-0.05, 0) is 96.9 Å². The largest absolute Gasteiger partial charge is 0.487 e. The number of amidine groups is 1. The van der Waals surface area contributed by atoms with Crippen molar-refractivity contribution >= 4 is 98.3 Å². The molecule has 4 aromatic carbocycles. The molecule has 10 heteroatoms.